The number of amides is 2. The van der Waals surface area contributed by atoms with Crippen LogP contribution in [0.25, 0.3) is 0 Å². The Labute approximate surface area is 138 Å². The standard InChI is InChI=1S/C18H30N2O3/c1-17(2,20-16(22)23-3)15(21)19-5-4-18-9-12-6-13(10-18)8-14(7-12)11-18/h12-14H,4-11H2,1-3H3,(H,19,21)(H,20,22). The molecule has 0 saturated heterocycles. The van der Waals surface area contributed by atoms with Crippen molar-refractivity contribution in [1.29, 1.82) is 0 Å². The first-order chi connectivity index (χ1) is 10.8. The van der Waals surface area contributed by atoms with Crippen molar-refractivity contribution in [2.24, 2.45) is 23.2 Å². The van der Waals surface area contributed by atoms with Crippen LogP contribution < -0.4 is 10.6 Å². The maximum atomic E-state index is 12.3. The van der Waals surface area contributed by atoms with Crippen molar-refractivity contribution in [3.05, 3.63) is 0 Å². The Bertz CT molecular complexity index is 451. The molecule has 4 aliphatic carbocycles. The maximum absolute atomic E-state index is 12.3. The zero-order valence-electron chi connectivity index (χ0n) is 14.6. The van der Waals surface area contributed by atoms with Crippen LogP contribution in [-0.2, 0) is 9.53 Å². The van der Waals surface area contributed by atoms with Crippen molar-refractivity contribution >= 4 is 12.0 Å². The van der Waals surface area contributed by atoms with Gasteiger partial charge in [0.2, 0.25) is 5.91 Å². The van der Waals surface area contributed by atoms with E-state index in [0.29, 0.717) is 12.0 Å². The molecule has 4 rings (SSSR count). The summed E-state index contributed by atoms with van der Waals surface area (Å²) in [6.07, 6.45) is 8.92. The number of methoxy groups -OCH3 is 1. The van der Waals surface area contributed by atoms with Crippen molar-refractivity contribution in [2.75, 3.05) is 13.7 Å². The molecular formula is C18H30N2O3. The number of hydrogen-bond acceptors (Lipinski definition) is 3. The highest BCUT2D eigenvalue weighted by molar-refractivity contribution is 5.89. The third-order valence-electron chi connectivity index (χ3n) is 6.27. The monoisotopic (exact) mass is 322 g/mol. The molecule has 0 spiro atoms. The molecule has 130 valence electrons. The van der Waals surface area contributed by atoms with Crippen molar-refractivity contribution in [3.8, 4) is 0 Å². The molecule has 0 aliphatic heterocycles. The van der Waals surface area contributed by atoms with Gasteiger partial charge in [-0.1, -0.05) is 0 Å². The first kappa shape index (κ1) is 16.6. The lowest BCUT2D eigenvalue weighted by atomic mass is 9.49. The highest BCUT2D eigenvalue weighted by Gasteiger charge is 2.50. The van der Waals surface area contributed by atoms with Crippen LogP contribution in [0.2, 0.25) is 0 Å². The first-order valence-corrected chi connectivity index (χ1v) is 8.96. The van der Waals surface area contributed by atoms with Crippen LogP contribution in [-0.4, -0.2) is 31.2 Å². The first-order valence-electron chi connectivity index (χ1n) is 8.96. The third-order valence-corrected chi connectivity index (χ3v) is 6.27. The summed E-state index contributed by atoms with van der Waals surface area (Å²) in [5.74, 6) is 2.67. The number of carbonyl (C=O) groups excluding carboxylic acids is 2. The lowest BCUT2D eigenvalue weighted by Crippen LogP contribution is -2.55. The molecule has 0 aromatic carbocycles. The number of ether oxygens (including phenoxy) is 1. The van der Waals surface area contributed by atoms with Crippen LogP contribution in [0.1, 0.15) is 58.8 Å². The second kappa shape index (κ2) is 5.99. The van der Waals surface area contributed by atoms with Gasteiger partial charge in [-0.05, 0) is 82.0 Å². The fourth-order valence-electron chi connectivity index (χ4n) is 5.62. The van der Waals surface area contributed by atoms with Crippen molar-refractivity contribution < 1.29 is 14.3 Å². The van der Waals surface area contributed by atoms with Crippen LogP contribution >= 0.6 is 0 Å². The number of nitrogens with one attached hydrogen (secondary N) is 2. The van der Waals surface area contributed by atoms with Gasteiger partial charge in [0.25, 0.3) is 0 Å². The minimum absolute atomic E-state index is 0.146. The predicted molar refractivity (Wildman–Crippen MR) is 87.9 cm³/mol. The summed E-state index contributed by atoms with van der Waals surface area (Å²) >= 11 is 0. The summed E-state index contributed by atoms with van der Waals surface area (Å²) in [6, 6.07) is 0. The Balaban J connectivity index is 1.49. The van der Waals surface area contributed by atoms with Crippen LogP contribution in [0.5, 0.6) is 0 Å². The molecule has 5 heteroatoms. The van der Waals surface area contributed by atoms with Gasteiger partial charge in [0.05, 0.1) is 7.11 Å². The highest BCUT2D eigenvalue weighted by atomic mass is 16.5. The molecule has 0 heterocycles. The average molecular weight is 322 g/mol. The molecule has 0 atom stereocenters. The quantitative estimate of drug-likeness (QED) is 0.818. The van der Waals surface area contributed by atoms with Gasteiger partial charge in [0.1, 0.15) is 5.54 Å². The molecular weight excluding hydrogens is 292 g/mol. The smallest absolute Gasteiger partial charge is 0.407 e. The molecule has 23 heavy (non-hydrogen) atoms. The molecule has 4 saturated carbocycles. The summed E-state index contributed by atoms with van der Waals surface area (Å²) < 4.78 is 4.58. The van der Waals surface area contributed by atoms with Gasteiger partial charge in [-0.25, -0.2) is 4.79 Å². The van der Waals surface area contributed by atoms with E-state index in [1.54, 1.807) is 13.8 Å². The molecule has 4 aliphatic rings. The highest BCUT2D eigenvalue weighted by Crippen LogP contribution is 2.61. The zero-order valence-corrected chi connectivity index (χ0v) is 14.6. The molecule has 2 N–H and O–H groups in total. The Morgan fingerprint density at radius 2 is 1.61 bits per heavy atom. The summed E-state index contributed by atoms with van der Waals surface area (Å²) in [4.78, 5) is 23.6. The summed E-state index contributed by atoms with van der Waals surface area (Å²) in [7, 11) is 1.30. The fraction of sp³-hybridized carbons (Fsp3) is 0.889. The lowest BCUT2D eigenvalue weighted by Gasteiger charge is -2.57. The number of hydrogen-bond donors (Lipinski definition) is 2. The van der Waals surface area contributed by atoms with E-state index in [9.17, 15) is 9.59 Å². The minimum atomic E-state index is -0.950. The lowest BCUT2D eigenvalue weighted by molar-refractivity contribution is -0.126. The van der Waals surface area contributed by atoms with E-state index in [2.05, 4.69) is 15.4 Å². The van der Waals surface area contributed by atoms with Gasteiger partial charge in [-0.3, -0.25) is 4.79 Å². The average Bonchev–Trinajstić information content (AvgIpc) is 2.44. The van der Waals surface area contributed by atoms with E-state index < -0.39 is 11.6 Å². The topological polar surface area (TPSA) is 67.4 Å². The van der Waals surface area contributed by atoms with Crippen LogP contribution in [0, 0.1) is 23.2 Å². The van der Waals surface area contributed by atoms with Crippen molar-refractivity contribution in [3.63, 3.8) is 0 Å². The van der Waals surface area contributed by atoms with E-state index in [1.165, 1.54) is 45.6 Å². The van der Waals surface area contributed by atoms with Crippen LogP contribution in [0.3, 0.4) is 0 Å². The van der Waals surface area contributed by atoms with Gasteiger partial charge >= 0.3 is 6.09 Å². The van der Waals surface area contributed by atoms with E-state index in [0.717, 1.165) is 24.2 Å². The Kier molecular flexibility index (Phi) is 4.32. The predicted octanol–water partition coefficient (Wildman–Crippen LogP) is 2.84. The molecule has 4 bridgehead atoms. The zero-order chi connectivity index (χ0) is 16.7. The largest absolute Gasteiger partial charge is 0.453 e. The molecule has 0 aromatic heterocycles. The molecule has 4 fully saturated rings. The number of carbonyl (C=O) groups is 2. The number of alkyl carbamates (subject to hydrolysis) is 1. The SMILES string of the molecule is COC(=O)NC(C)(C)C(=O)NCCC12CC3CC(CC(C3)C1)C2. The summed E-state index contributed by atoms with van der Waals surface area (Å²) in [5.41, 5.74) is -0.476. The van der Waals surface area contributed by atoms with E-state index in [4.69, 9.17) is 0 Å². The minimum Gasteiger partial charge on any atom is -0.453 e. The number of rotatable bonds is 5. The van der Waals surface area contributed by atoms with Crippen molar-refractivity contribution in [1.82, 2.24) is 10.6 Å². The Morgan fingerprint density at radius 3 is 2.09 bits per heavy atom. The second-order valence-electron chi connectivity index (χ2n) is 8.67. The summed E-state index contributed by atoms with van der Waals surface area (Å²) in [6.45, 7) is 4.10. The Hall–Kier alpha value is -1.26. The van der Waals surface area contributed by atoms with Gasteiger partial charge in [0, 0.05) is 6.54 Å². The van der Waals surface area contributed by atoms with Crippen molar-refractivity contribution in [2.45, 2.75) is 64.3 Å². The van der Waals surface area contributed by atoms with Gasteiger partial charge in [-0.2, -0.15) is 0 Å². The van der Waals surface area contributed by atoms with E-state index in [1.807, 2.05) is 0 Å². The maximum Gasteiger partial charge on any atom is 0.407 e. The van der Waals surface area contributed by atoms with E-state index in [-0.39, 0.29) is 5.91 Å². The third kappa shape index (κ3) is 3.48. The van der Waals surface area contributed by atoms with Crippen LogP contribution in [0.15, 0.2) is 0 Å². The molecule has 0 radical (unpaired) electrons. The fourth-order valence-corrected chi connectivity index (χ4v) is 5.62. The Morgan fingerprint density at radius 1 is 1.09 bits per heavy atom. The van der Waals surface area contributed by atoms with Crippen LogP contribution in [0.4, 0.5) is 4.79 Å². The van der Waals surface area contributed by atoms with E-state index >= 15 is 0 Å². The molecule has 0 unspecified atom stereocenters. The second-order valence-corrected chi connectivity index (χ2v) is 8.67. The molecule has 5 nitrogen and oxygen atoms in total. The molecule has 2 amide bonds. The molecule has 0 aromatic rings. The van der Waals surface area contributed by atoms with Gasteiger partial charge < -0.3 is 15.4 Å². The summed E-state index contributed by atoms with van der Waals surface area (Å²) in [5, 5.41) is 5.59. The van der Waals surface area contributed by atoms with Gasteiger partial charge in [-0.15, -0.1) is 0 Å². The normalized spacial score (nSPS) is 35.0. The van der Waals surface area contributed by atoms with Gasteiger partial charge in [0.15, 0.2) is 0 Å².